The van der Waals surface area contributed by atoms with Gasteiger partial charge in [-0.25, -0.2) is 0 Å². The van der Waals surface area contributed by atoms with Crippen LogP contribution in [0.15, 0.2) is 133 Å². The van der Waals surface area contributed by atoms with Crippen molar-refractivity contribution in [2.24, 2.45) is 46.3 Å². The van der Waals surface area contributed by atoms with Gasteiger partial charge in [0.05, 0.1) is 33.5 Å². The summed E-state index contributed by atoms with van der Waals surface area (Å²) in [6.07, 6.45) is 9.22. The zero-order valence-corrected chi connectivity index (χ0v) is 65.2. The summed E-state index contributed by atoms with van der Waals surface area (Å²) in [6, 6.07) is 44.9. The maximum absolute atomic E-state index is 14.0. The Bertz CT molecular complexity index is 3660. The highest BCUT2D eigenvalue weighted by Crippen LogP contribution is 2.62. The first-order valence-corrected chi connectivity index (χ1v) is 38.3. The third-order valence-electron chi connectivity index (χ3n) is 24.7. The van der Waals surface area contributed by atoms with E-state index >= 15 is 0 Å². The molecule has 0 radical (unpaired) electrons. The summed E-state index contributed by atoms with van der Waals surface area (Å²) in [5.41, 5.74) is 11.9. The van der Waals surface area contributed by atoms with Gasteiger partial charge in [0.2, 0.25) is 11.8 Å². The number of fused-ring (bicyclic) bond motifs is 4. The van der Waals surface area contributed by atoms with Crippen LogP contribution in [0.1, 0.15) is 129 Å². The van der Waals surface area contributed by atoms with Crippen LogP contribution >= 0.6 is 0 Å². The molecule has 2 heterocycles. The largest absolute Gasteiger partial charge is 0.496 e. The van der Waals surface area contributed by atoms with Crippen LogP contribution in [0.4, 0.5) is 11.4 Å². The molecule has 2 saturated heterocycles. The zero-order chi connectivity index (χ0) is 74.3. The monoisotopic (exact) mass is 1420 g/mol. The van der Waals surface area contributed by atoms with Crippen molar-refractivity contribution in [1.29, 1.82) is 0 Å². The molecule has 12 atom stereocenters. The van der Waals surface area contributed by atoms with Gasteiger partial charge in [-0.1, -0.05) is 145 Å². The quantitative estimate of drug-likeness (QED) is 0.0406. The van der Waals surface area contributed by atoms with Gasteiger partial charge in [-0.2, -0.15) is 0 Å². The maximum atomic E-state index is 14.0. The molecule has 6 aliphatic carbocycles. The summed E-state index contributed by atoms with van der Waals surface area (Å²) in [4.78, 5) is 68.6. The number of nitrogens with one attached hydrogen (secondary N) is 4. The van der Waals surface area contributed by atoms with Crippen LogP contribution in [0, 0.1) is 46.3 Å². The Balaban J connectivity index is 0.000000208. The molecule has 14 rings (SSSR count). The number of likely N-dealkylation sites (tertiary alicyclic amines) is 1. The highest BCUT2D eigenvalue weighted by molar-refractivity contribution is 5.98. The van der Waals surface area contributed by atoms with Gasteiger partial charge >= 0.3 is 0 Å². The van der Waals surface area contributed by atoms with Crippen molar-refractivity contribution in [3.8, 4) is 33.8 Å². The number of piperidine rings is 1. The summed E-state index contributed by atoms with van der Waals surface area (Å²) in [6.45, 7) is 19.3. The predicted octanol–water partition coefficient (Wildman–Crippen LogP) is 12.6. The molecule has 0 spiro atoms. The molecule has 4 bridgehead atoms. The Hall–Kier alpha value is -7.80. The van der Waals surface area contributed by atoms with Crippen LogP contribution in [-0.2, 0) is 40.3 Å². The van der Waals surface area contributed by atoms with Crippen LogP contribution in [0.2, 0.25) is 0 Å². The number of rotatable bonds is 26. The van der Waals surface area contributed by atoms with Crippen molar-refractivity contribution in [2.45, 2.75) is 149 Å². The molecule has 0 aromatic heterocycles. The van der Waals surface area contributed by atoms with Gasteiger partial charge < -0.3 is 55.1 Å². The molecule has 4 amide bonds. The number of hydrogen-bond donors (Lipinski definition) is 4. The number of methoxy groups -OCH3 is 2. The standard InChI is InChI=1S/C44H61N5O3.C43H59N5O4/c1-29-38-25-34(44(38,2)3)26-39(29)46-43(51)40-19-12-13-20-49(40)27-31-17-14-18-37(41(31)52-8)32-22-33(24-36(23-32)48(6)7)42(50)45-35(28-47(4)5)21-30-15-10-9-11-16-30;1-28-37-23-33(43(37,2)3)24-38(28)45-42(50)39-27-52-18-17-48(39)25-30-15-12-16-36(40(30)51-8)31-20-32(22-35(21-31)47(6)7)41(49)44-34(26-46(4)5)19-29-13-10-9-11-14-29/h9-11,14-18,22-24,29,34-35,38-40H,12-13,19-21,25-28H2,1-8H3,(H,45,50)(H,46,51);9-16,20-22,28,33-34,37-39H,17-19,23-27H2,1-8H3,(H,44,49)(H,45,50)/t29-,34+,35-,38-,39-,40-;28-,33+,34-,37-,38-,39-/m00/s1. The number of nitrogens with zero attached hydrogens (tertiary/aromatic N) is 6. The van der Waals surface area contributed by atoms with Crippen LogP contribution in [0.25, 0.3) is 22.3 Å². The van der Waals surface area contributed by atoms with Gasteiger partial charge in [0.1, 0.15) is 17.5 Å². The second-order valence-corrected chi connectivity index (χ2v) is 33.3. The fourth-order valence-electron chi connectivity index (χ4n) is 18.4. The van der Waals surface area contributed by atoms with Gasteiger partial charge in [-0.15, -0.1) is 0 Å². The molecule has 8 aliphatic rings. The topological polar surface area (TPSA) is 164 Å². The van der Waals surface area contributed by atoms with Crippen LogP contribution < -0.4 is 40.5 Å². The molecule has 6 aromatic rings. The van der Waals surface area contributed by atoms with Crippen LogP contribution in [0.3, 0.4) is 0 Å². The van der Waals surface area contributed by atoms with Crippen molar-refractivity contribution in [3.63, 3.8) is 0 Å². The third kappa shape index (κ3) is 17.8. The summed E-state index contributed by atoms with van der Waals surface area (Å²) in [7, 11) is 19.5. The molecule has 6 aromatic carbocycles. The number of carbonyl (C=O) groups excluding carboxylic acids is 4. The van der Waals surface area contributed by atoms with E-state index in [2.05, 4.69) is 143 Å². The lowest BCUT2D eigenvalue weighted by Gasteiger charge is -2.62. The molecule has 4 N–H and O–H groups in total. The number of ether oxygens (including phenoxy) is 3. The van der Waals surface area contributed by atoms with Crippen molar-refractivity contribution in [2.75, 3.05) is 120 Å². The molecule has 17 nitrogen and oxygen atoms in total. The first-order valence-electron chi connectivity index (χ1n) is 38.3. The van der Waals surface area contributed by atoms with Gasteiger partial charge in [0.25, 0.3) is 11.8 Å². The average molecular weight is 1420 g/mol. The number of anilines is 2. The van der Waals surface area contributed by atoms with E-state index in [0.29, 0.717) is 90.3 Å². The van der Waals surface area contributed by atoms with E-state index in [9.17, 15) is 19.2 Å². The molecule has 560 valence electrons. The maximum Gasteiger partial charge on any atom is 0.251 e. The molecular weight excluding hydrogens is 1300 g/mol. The van der Waals surface area contributed by atoms with Gasteiger partial charge in [-0.05, 0) is 191 Å². The minimum absolute atomic E-state index is 0.0530. The smallest absolute Gasteiger partial charge is 0.251 e. The van der Waals surface area contributed by atoms with Crippen LogP contribution in [-0.4, -0.2) is 189 Å². The summed E-state index contributed by atoms with van der Waals surface area (Å²) < 4.78 is 18.2. The summed E-state index contributed by atoms with van der Waals surface area (Å²) in [5, 5.41) is 13.6. The Labute approximate surface area is 621 Å². The second-order valence-electron chi connectivity index (χ2n) is 33.3. The lowest BCUT2D eigenvalue weighted by molar-refractivity contribution is -0.142. The Morgan fingerprint density at radius 3 is 1.37 bits per heavy atom. The number of amides is 4. The van der Waals surface area contributed by atoms with E-state index < -0.39 is 0 Å². The SMILES string of the molecule is COc1c(CN2CCCC[C@H]2C(=O)N[C@H]2C[C@H]3C[C@@H]([C@@H]2C)C3(C)C)cccc1-c1cc(C(=O)N[C@@H](Cc2ccccc2)CN(C)C)cc(N(C)C)c1.COc1c(CN2CCOC[C@H]2C(=O)N[C@H]2C[C@H]3C[C@@H]([C@@H]2C)C3(C)C)cccc1-c1cc(C(=O)N[C@@H](Cc2ccccc2)CN(C)C)cc(N(C)C)c1. The minimum Gasteiger partial charge on any atom is -0.496 e. The number of para-hydroxylation sites is 2. The number of morpholine rings is 1. The Kier molecular flexibility index (Phi) is 25.1. The Morgan fingerprint density at radius 2 is 0.962 bits per heavy atom. The highest BCUT2D eigenvalue weighted by Gasteiger charge is 2.58. The van der Waals surface area contributed by atoms with Crippen molar-refractivity contribution in [1.82, 2.24) is 40.9 Å². The predicted molar refractivity (Wildman–Crippen MR) is 421 cm³/mol. The van der Waals surface area contributed by atoms with E-state index in [1.165, 1.54) is 24.0 Å². The summed E-state index contributed by atoms with van der Waals surface area (Å²) in [5.74, 6) is 5.26. The van der Waals surface area contributed by atoms with E-state index in [1.54, 1.807) is 14.2 Å². The van der Waals surface area contributed by atoms with Gasteiger partial charge in [0.15, 0.2) is 0 Å². The average Bonchev–Trinajstić information content (AvgIpc) is 0.731. The van der Waals surface area contributed by atoms with Crippen molar-refractivity contribution >= 4 is 35.0 Å². The second kappa shape index (κ2) is 33.8. The van der Waals surface area contributed by atoms with E-state index in [-0.39, 0.29) is 59.9 Å². The van der Waals surface area contributed by atoms with Crippen molar-refractivity contribution < 1.29 is 33.4 Å². The van der Waals surface area contributed by atoms with E-state index in [1.807, 2.05) is 139 Å². The number of benzene rings is 6. The molecular formula is C87H120N10O7. The van der Waals surface area contributed by atoms with Crippen molar-refractivity contribution in [3.05, 3.63) is 167 Å². The number of likely N-dealkylation sites (N-methyl/N-ethyl adjacent to an activating group) is 2. The lowest BCUT2D eigenvalue weighted by Crippen LogP contribution is -2.63. The normalized spacial score (nSPS) is 24.4. The highest BCUT2D eigenvalue weighted by atomic mass is 16.5. The lowest BCUT2D eigenvalue weighted by atomic mass is 9.45. The summed E-state index contributed by atoms with van der Waals surface area (Å²) >= 11 is 0. The molecule has 17 heteroatoms. The number of carbonyl (C=O) groups is 4. The molecule has 0 unspecified atom stereocenters. The molecule has 2 aliphatic heterocycles. The fourth-order valence-corrected chi connectivity index (χ4v) is 18.4. The zero-order valence-electron chi connectivity index (χ0n) is 65.2. The number of hydrogen-bond acceptors (Lipinski definition) is 13. The molecule has 6 saturated carbocycles. The van der Waals surface area contributed by atoms with E-state index in [0.717, 1.165) is 121 Å². The third-order valence-corrected chi connectivity index (χ3v) is 24.7. The fraction of sp³-hybridized carbons (Fsp3) is 0.540. The first kappa shape index (κ1) is 77.3. The van der Waals surface area contributed by atoms with Crippen LogP contribution in [0.5, 0.6) is 11.5 Å². The van der Waals surface area contributed by atoms with E-state index in [4.69, 9.17) is 14.2 Å². The molecule has 104 heavy (non-hydrogen) atoms. The Morgan fingerprint density at radius 1 is 0.529 bits per heavy atom. The van der Waals surface area contributed by atoms with Gasteiger partial charge in [-0.3, -0.25) is 29.0 Å². The van der Waals surface area contributed by atoms with Gasteiger partial charge in [0, 0.05) is 130 Å². The minimum atomic E-state index is -0.376. The molecule has 8 fully saturated rings. The first-order chi connectivity index (χ1) is 49.7.